The van der Waals surface area contributed by atoms with Crippen LogP contribution < -0.4 is 10.6 Å². The molecule has 0 saturated heterocycles. The van der Waals surface area contributed by atoms with Crippen LogP contribution >= 0.6 is 11.6 Å². The molecule has 0 fully saturated rings. The van der Waals surface area contributed by atoms with Gasteiger partial charge in [-0.25, -0.2) is 0 Å². The van der Waals surface area contributed by atoms with Crippen LogP contribution in [-0.4, -0.2) is 56.3 Å². The molecule has 0 aliphatic heterocycles. The summed E-state index contributed by atoms with van der Waals surface area (Å²) in [5, 5.41) is 5.27. The number of alkyl halides is 1. The van der Waals surface area contributed by atoms with Crippen molar-refractivity contribution in [2.75, 3.05) is 39.6 Å². The van der Waals surface area contributed by atoms with Gasteiger partial charge in [-0.1, -0.05) is 0 Å². The molecule has 0 bridgehead atoms. The molecule has 2 N–H and O–H groups in total. The van der Waals surface area contributed by atoms with Crippen molar-refractivity contribution >= 4 is 23.4 Å². The van der Waals surface area contributed by atoms with Gasteiger partial charge >= 0.3 is 0 Å². The second-order valence-corrected chi connectivity index (χ2v) is 5.12. The van der Waals surface area contributed by atoms with Gasteiger partial charge in [-0.3, -0.25) is 9.59 Å². The van der Waals surface area contributed by atoms with Crippen LogP contribution in [0, 0.1) is 5.41 Å². The van der Waals surface area contributed by atoms with Crippen LogP contribution in [0.15, 0.2) is 0 Å². The number of carbonyl (C=O) groups excluding carboxylic acids is 2. The summed E-state index contributed by atoms with van der Waals surface area (Å²) in [6, 6.07) is 0. The van der Waals surface area contributed by atoms with Gasteiger partial charge in [0.2, 0.25) is 11.8 Å². The summed E-state index contributed by atoms with van der Waals surface area (Å²) in [5.74, 6) is -0.179. The number of carbonyl (C=O) groups is 2. The fourth-order valence-corrected chi connectivity index (χ4v) is 1.06. The Labute approximate surface area is 108 Å². The van der Waals surface area contributed by atoms with E-state index in [0.717, 1.165) is 6.54 Å². The minimum Gasteiger partial charge on any atom is -0.353 e. The molecule has 0 spiro atoms. The van der Waals surface area contributed by atoms with Crippen LogP contribution in [0.25, 0.3) is 0 Å². The molecule has 0 rings (SSSR count). The molecule has 5 nitrogen and oxygen atoms in total. The largest absolute Gasteiger partial charge is 0.353 e. The van der Waals surface area contributed by atoms with Gasteiger partial charge in [0.15, 0.2) is 0 Å². The average molecular weight is 264 g/mol. The molecule has 0 aliphatic rings. The van der Waals surface area contributed by atoms with Gasteiger partial charge < -0.3 is 15.5 Å². The van der Waals surface area contributed by atoms with Gasteiger partial charge in [0.25, 0.3) is 0 Å². The molecular weight excluding hydrogens is 242 g/mol. The molecule has 0 radical (unpaired) electrons. The lowest BCUT2D eigenvalue weighted by Gasteiger charge is -2.20. The lowest BCUT2D eigenvalue weighted by Crippen LogP contribution is -2.44. The molecule has 2 amide bonds. The second kappa shape index (κ2) is 7.50. The average Bonchev–Trinajstić information content (AvgIpc) is 2.25. The quantitative estimate of drug-likeness (QED) is 0.638. The van der Waals surface area contributed by atoms with E-state index in [1.807, 2.05) is 19.0 Å². The highest BCUT2D eigenvalue weighted by atomic mass is 35.5. The van der Waals surface area contributed by atoms with Crippen molar-refractivity contribution in [3.8, 4) is 0 Å². The Morgan fingerprint density at radius 1 is 1.24 bits per heavy atom. The summed E-state index contributed by atoms with van der Waals surface area (Å²) in [4.78, 5) is 24.9. The molecule has 17 heavy (non-hydrogen) atoms. The lowest BCUT2D eigenvalue weighted by molar-refractivity contribution is -0.131. The molecule has 0 unspecified atom stereocenters. The van der Waals surface area contributed by atoms with Crippen molar-refractivity contribution in [2.45, 2.75) is 13.8 Å². The highest BCUT2D eigenvalue weighted by Crippen LogP contribution is 2.16. The normalized spacial score (nSPS) is 11.4. The Hall–Kier alpha value is -0.810. The van der Waals surface area contributed by atoms with Crippen LogP contribution in [0.2, 0.25) is 0 Å². The summed E-state index contributed by atoms with van der Waals surface area (Å²) >= 11 is 5.65. The first kappa shape index (κ1) is 16.2. The number of halogens is 1. The van der Waals surface area contributed by atoms with Crippen molar-refractivity contribution in [3.05, 3.63) is 0 Å². The molecule has 0 aromatic rings. The van der Waals surface area contributed by atoms with Crippen molar-refractivity contribution in [1.82, 2.24) is 15.5 Å². The van der Waals surface area contributed by atoms with Crippen molar-refractivity contribution in [2.24, 2.45) is 5.41 Å². The molecular formula is C11H22ClN3O2. The van der Waals surface area contributed by atoms with Crippen LogP contribution in [-0.2, 0) is 9.59 Å². The minimum atomic E-state index is -0.647. The molecule has 0 atom stereocenters. The topological polar surface area (TPSA) is 61.4 Å². The molecule has 100 valence electrons. The maximum Gasteiger partial charge on any atom is 0.239 e. The zero-order valence-electron chi connectivity index (χ0n) is 11.0. The minimum absolute atomic E-state index is 0.00736. The van der Waals surface area contributed by atoms with E-state index in [4.69, 9.17) is 11.6 Å². The first-order valence-electron chi connectivity index (χ1n) is 5.55. The van der Waals surface area contributed by atoms with E-state index < -0.39 is 5.41 Å². The predicted molar refractivity (Wildman–Crippen MR) is 69.1 cm³/mol. The van der Waals surface area contributed by atoms with Crippen LogP contribution in [0.1, 0.15) is 13.8 Å². The maximum absolute atomic E-state index is 11.6. The lowest BCUT2D eigenvalue weighted by atomic mass is 9.95. The van der Waals surface area contributed by atoms with E-state index in [-0.39, 0.29) is 24.2 Å². The van der Waals surface area contributed by atoms with E-state index in [2.05, 4.69) is 10.6 Å². The summed E-state index contributed by atoms with van der Waals surface area (Å²) in [6.45, 7) is 4.80. The smallest absolute Gasteiger partial charge is 0.239 e. The predicted octanol–water partition coefficient (Wildman–Crippen LogP) is 0.0454. The number of hydrogen-bond donors (Lipinski definition) is 2. The third kappa shape index (κ3) is 7.18. The van der Waals surface area contributed by atoms with Gasteiger partial charge in [-0.2, -0.15) is 0 Å². The van der Waals surface area contributed by atoms with E-state index >= 15 is 0 Å². The zero-order valence-corrected chi connectivity index (χ0v) is 11.7. The van der Waals surface area contributed by atoms with Crippen molar-refractivity contribution < 1.29 is 9.59 Å². The van der Waals surface area contributed by atoms with E-state index in [9.17, 15) is 9.59 Å². The molecule has 0 aromatic carbocycles. The highest BCUT2D eigenvalue weighted by Gasteiger charge is 2.26. The van der Waals surface area contributed by atoms with Gasteiger partial charge in [-0.15, -0.1) is 11.6 Å². The Kier molecular flexibility index (Phi) is 7.15. The maximum atomic E-state index is 11.6. The fourth-order valence-electron chi connectivity index (χ4n) is 0.942. The van der Waals surface area contributed by atoms with Crippen LogP contribution in [0.5, 0.6) is 0 Å². The van der Waals surface area contributed by atoms with Crippen molar-refractivity contribution in [3.63, 3.8) is 0 Å². The van der Waals surface area contributed by atoms with E-state index in [0.29, 0.717) is 6.54 Å². The third-order valence-corrected chi connectivity index (χ3v) is 2.91. The Balaban J connectivity index is 3.81. The number of amides is 2. The highest BCUT2D eigenvalue weighted by molar-refractivity contribution is 6.19. The van der Waals surface area contributed by atoms with Crippen LogP contribution in [0.4, 0.5) is 0 Å². The first-order chi connectivity index (χ1) is 7.79. The van der Waals surface area contributed by atoms with E-state index in [1.165, 1.54) is 0 Å². The SMILES string of the molecule is CN(C)CCNC(=O)CNC(=O)C(C)(C)CCl. The van der Waals surface area contributed by atoms with E-state index in [1.54, 1.807) is 13.8 Å². The van der Waals surface area contributed by atoms with Gasteiger partial charge in [0.1, 0.15) is 0 Å². The standard InChI is InChI=1S/C11H22ClN3O2/c1-11(2,8-12)10(17)14-7-9(16)13-5-6-15(3)4/h5-8H2,1-4H3,(H,13,16)(H,14,17). The summed E-state index contributed by atoms with van der Waals surface area (Å²) < 4.78 is 0. The number of nitrogens with zero attached hydrogens (tertiary/aromatic N) is 1. The summed E-state index contributed by atoms with van der Waals surface area (Å²) in [7, 11) is 3.86. The third-order valence-electron chi connectivity index (χ3n) is 2.24. The Morgan fingerprint density at radius 3 is 2.29 bits per heavy atom. The zero-order chi connectivity index (χ0) is 13.5. The molecule has 0 heterocycles. The van der Waals surface area contributed by atoms with Gasteiger partial charge in [0, 0.05) is 19.0 Å². The van der Waals surface area contributed by atoms with Crippen LogP contribution in [0.3, 0.4) is 0 Å². The summed E-state index contributed by atoms with van der Waals surface area (Å²) in [5.41, 5.74) is -0.647. The molecule has 0 aromatic heterocycles. The molecule has 6 heteroatoms. The molecule has 0 saturated carbocycles. The summed E-state index contributed by atoms with van der Waals surface area (Å²) in [6.07, 6.45) is 0. The number of likely N-dealkylation sites (N-methyl/N-ethyl adjacent to an activating group) is 1. The van der Waals surface area contributed by atoms with Crippen molar-refractivity contribution in [1.29, 1.82) is 0 Å². The van der Waals surface area contributed by atoms with Gasteiger partial charge in [-0.05, 0) is 27.9 Å². The number of nitrogens with one attached hydrogen (secondary N) is 2. The second-order valence-electron chi connectivity index (χ2n) is 4.85. The van der Waals surface area contributed by atoms with Gasteiger partial charge in [0.05, 0.1) is 12.0 Å². The molecule has 0 aliphatic carbocycles. The monoisotopic (exact) mass is 263 g/mol. The number of hydrogen-bond acceptors (Lipinski definition) is 3. The Morgan fingerprint density at radius 2 is 1.82 bits per heavy atom. The first-order valence-corrected chi connectivity index (χ1v) is 6.08. The Bertz CT molecular complexity index is 267. The number of rotatable bonds is 7. The fraction of sp³-hybridized carbons (Fsp3) is 0.818.